The third-order valence-corrected chi connectivity index (χ3v) is 7.39. The van der Waals surface area contributed by atoms with Crippen LogP contribution in [0.1, 0.15) is 15.9 Å². The Labute approximate surface area is 263 Å². The maximum atomic E-state index is 13.8. The van der Waals surface area contributed by atoms with Crippen LogP contribution in [0.15, 0.2) is 78.9 Å². The highest BCUT2D eigenvalue weighted by Gasteiger charge is 2.29. The van der Waals surface area contributed by atoms with Crippen molar-refractivity contribution in [2.24, 2.45) is 0 Å². The second-order valence-corrected chi connectivity index (χ2v) is 13.3. The highest BCUT2D eigenvalue weighted by Crippen LogP contribution is 2.47. The molecular weight excluding hydrogens is 622 g/mol. The number of methoxy groups -OCH3 is 2. The van der Waals surface area contributed by atoms with Gasteiger partial charge in [0.05, 0.1) is 32.3 Å². The molecule has 0 aromatic heterocycles. The van der Waals surface area contributed by atoms with E-state index in [0.717, 1.165) is 18.1 Å². The van der Waals surface area contributed by atoms with Crippen LogP contribution in [0, 0.1) is 0 Å². The molecule has 0 N–H and O–H groups in total. The average Bonchev–Trinajstić information content (AvgIpc) is 2.98. The quantitative estimate of drug-likeness (QED) is 0.192. The number of rotatable bonds is 12. The van der Waals surface area contributed by atoms with Crippen LogP contribution in [0.3, 0.4) is 0 Å². The van der Waals surface area contributed by atoms with Crippen molar-refractivity contribution in [3.63, 3.8) is 0 Å². The normalized spacial score (nSPS) is 11.4. The van der Waals surface area contributed by atoms with E-state index in [1.165, 1.54) is 37.3 Å². The lowest BCUT2D eigenvalue weighted by Gasteiger charge is -2.23. The van der Waals surface area contributed by atoms with E-state index in [4.69, 9.17) is 22.6 Å². The Morgan fingerprint density at radius 3 is 1.89 bits per heavy atom. The minimum Gasteiger partial charge on any atom is -0.496 e. The molecule has 13 heteroatoms. The van der Waals surface area contributed by atoms with Gasteiger partial charge in [-0.25, -0.2) is 0 Å². The first-order valence-corrected chi connectivity index (χ1v) is 17.0. The van der Waals surface area contributed by atoms with Gasteiger partial charge in [0.25, 0.3) is 5.91 Å². The standard InChI is InChI=1S/C32H33NO10S2/c1-33(2)32(34)30-29(23-14-17-26(27(18-23)43-45(6,37)38)41-20-21-10-8-7-9-11-21)28(39-3)19-25(31(30)40-4)22-12-15-24(16-13-22)42-44(5,35)36/h7-19H,20H2,1-6H3. The zero-order valence-electron chi connectivity index (χ0n) is 25.6. The number of amides is 1. The van der Waals surface area contributed by atoms with E-state index in [1.807, 2.05) is 30.3 Å². The number of benzene rings is 4. The van der Waals surface area contributed by atoms with Gasteiger partial charge in [-0.1, -0.05) is 48.5 Å². The second-order valence-electron chi connectivity index (χ2n) is 10.1. The van der Waals surface area contributed by atoms with Crippen LogP contribution in [0.4, 0.5) is 0 Å². The van der Waals surface area contributed by atoms with Gasteiger partial charge in [-0.3, -0.25) is 4.79 Å². The van der Waals surface area contributed by atoms with Crippen molar-refractivity contribution in [1.29, 1.82) is 0 Å². The molecule has 0 bridgehead atoms. The Morgan fingerprint density at radius 2 is 1.33 bits per heavy atom. The molecule has 45 heavy (non-hydrogen) atoms. The average molecular weight is 656 g/mol. The van der Waals surface area contributed by atoms with Gasteiger partial charge in [-0.05, 0) is 47.0 Å². The zero-order chi connectivity index (χ0) is 32.9. The van der Waals surface area contributed by atoms with Crippen molar-refractivity contribution >= 4 is 26.1 Å². The summed E-state index contributed by atoms with van der Waals surface area (Å²) in [6, 6.07) is 21.9. The number of carbonyl (C=O) groups excluding carboxylic acids is 1. The predicted molar refractivity (Wildman–Crippen MR) is 170 cm³/mol. The van der Waals surface area contributed by atoms with Gasteiger partial charge in [0.15, 0.2) is 11.5 Å². The van der Waals surface area contributed by atoms with Gasteiger partial charge < -0.3 is 27.5 Å². The van der Waals surface area contributed by atoms with E-state index in [1.54, 1.807) is 44.4 Å². The number of hydrogen-bond donors (Lipinski definition) is 0. The van der Waals surface area contributed by atoms with Crippen molar-refractivity contribution in [3.8, 4) is 51.0 Å². The van der Waals surface area contributed by atoms with Crippen LogP contribution in [0.25, 0.3) is 22.3 Å². The van der Waals surface area contributed by atoms with Gasteiger partial charge in [0, 0.05) is 25.2 Å². The minimum atomic E-state index is -3.97. The lowest BCUT2D eigenvalue weighted by atomic mass is 9.91. The van der Waals surface area contributed by atoms with Gasteiger partial charge in [-0.2, -0.15) is 16.8 Å². The molecule has 0 aliphatic carbocycles. The Balaban J connectivity index is 1.92. The maximum absolute atomic E-state index is 13.8. The fourth-order valence-electron chi connectivity index (χ4n) is 4.55. The van der Waals surface area contributed by atoms with Gasteiger partial charge in [-0.15, -0.1) is 0 Å². The molecule has 0 heterocycles. The van der Waals surface area contributed by atoms with E-state index in [9.17, 15) is 21.6 Å². The molecule has 0 unspecified atom stereocenters. The third kappa shape index (κ3) is 8.25. The summed E-state index contributed by atoms with van der Waals surface area (Å²) in [6.45, 7) is 0.157. The fraction of sp³-hybridized carbons (Fsp3) is 0.219. The fourth-order valence-corrected chi connectivity index (χ4v) is 5.47. The van der Waals surface area contributed by atoms with Crippen LogP contribution in [-0.4, -0.2) is 68.5 Å². The SMILES string of the molecule is COc1cc(-c2ccc(OS(C)(=O)=O)cc2)c(OC)c(C(=O)N(C)C)c1-c1ccc(OCc2ccccc2)c(OS(C)(=O)=O)c1. The van der Waals surface area contributed by atoms with Crippen molar-refractivity contribution < 1.29 is 44.2 Å². The molecule has 238 valence electrons. The van der Waals surface area contributed by atoms with Crippen LogP contribution >= 0.6 is 0 Å². The second kappa shape index (κ2) is 13.5. The van der Waals surface area contributed by atoms with E-state index in [-0.39, 0.29) is 40.9 Å². The Bertz CT molecular complexity index is 1910. The molecule has 4 aromatic carbocycles. The van der Waals surface area contributed by atoms with Gasteiger partial charge in [0.1, 0.15) is 23.9 Å². The molecule has 0 spiro atoms. The Morgan fingerprint density at radius 1 is 0.711 bits per heavy atom. The lowest BCUT2D eigenvalue weighted by Crippen LogP contribution is -2.23. The van der Waals surface area contributed by atoms with E-state index < -0.39 is 26.1 Å². The van der Waals surface area contributed by atoms with Crippen molar-refractivity contribution in [3.05, 3.63) is 90.0 Å². The topological polar surface area (TPSA) is 135 Å². The molecule has 0 atom stereocenters. The van der Waals surface area contributed by atoms with Crippen LogP contribution in [-0.2, 0) is 26.8 Å². The molecule has 0 fully saturated rings. The monoisotopic (exact) mass is 655 g/mol. The number of ether oxygens (including phenoxy) is 3. The molecule has 11 nitrogen and oxygen atoms in total. The first-order valence-electron chi connectivity index (χ1n) is 13.4. The molecule has 4 rings (SSSR count). The van der Waals surface area contributed by atoms with Gasteiger partial charge in [0.2, 0.25) is 0 Å². The lowest BCUT2D eigenvalue weighted by molar-refractivity contribution is 0.0824. The summed E-state index contributed by atoms with van der Waals surface area (Å²) in [5.74, 6) is 0.260. The van der Waals surface area contributed by atoms with Crippen molar-refractivity contribution in [2.45, 2.75) is 6.61 Å². The van der Waals surface area contributed by atoms with Crippen LogP contribution in [0.2, 0.25) is 0 Å². The summed E-state index contributed by atoms with van der Waals surface area (Å²) >= 11 is 0. The zero-order valence-corrected chi connectivity index (χ0v) is 27.2. The van der Waals surface area contributed by atoms with Gasteiger partial charge >= 0.3 is 20.2 Å². The Kier molecular flexibility index (Phi) is 9.94. The molecule has 0 radical (unpaired) electrons. The smallest absolute Gasteiger partial charge is 0.306 e. The Hall–Kier alpha value is -4.75. The summed E-state index contributed by atoms with van der Waals surface area (Å²) in [7, 11) is -1.67. The first kappa shape index (κ1) is 33.1. The third-order valence-electron chi connectivity index (χ3n) is 6.41. The highest BCUT2D eigenvalue weighted by molar-refractivity contribution is 7.86. The number of nitrogens with zero attached hydrogens (tertiary/aromatic N) is 1. The largest absolute Gasteiger partial charge is 0.496 e. The molecule has 4 aromatic rings. The first-order chi connectivity index (χ1) is 21.2. The molecule has 0 aliphatic rings. The summed E-state index contributed by atoms with van der Waals surface area (Å²) in [4.78, 5) is 15.1. The van der Waals surface area contributed by atoms with Crippen LogP contribution in [0.5, 0.6) is 28.7 Å². The van der Waals surface area contributed by atoms with E-state index >= 15 is 0 Å². The summed E-state index contributed by atoms with van der Waals surface area (Å²) in [5, 5.41) is 0. The van der Waals surface area contributed by atoms with Crippen molar-refractivity contribution in [1.82, 2.24) is 4.90 Å². The summed E-state index contributed by atoms with van der Waals surface area (Å²) < 4.78 is 75.4. The molecule has 0 saturated carbocycles. The summed E-state index contributed by atoms with van der Waals surface area (Å²) in [6.07, 6.45) is 1.87. The molecule has 1 amide bonds. The number of carbonyl (C=O) groups is 1. The van der Waals surface area contributed by atoms with E-state index in [2.05, 4.69) is 0 Å². The predicted octanol–water partition coefficient (Wildman–Crippen LogP) is 5.00. The minimum absolute atomic E-state index is 0.0826. The molecule has 0 saturated heterocycles. The summed E-state index contributed by atoms with van der Waals surface area (Å²) in [5.41, 5.74) is 2.77. The van der Waals surface area contributed by atoms with Crippen LogP contribution < -0.4 is 22.6 Å². The number of hydrogen-bond acceptors (Lipinski definition) is 10. The highest BCUT2D eigenvalue weighted by atomic mass is 32.2. The van der Waals surface area contributed by atoms with E-state index in [0.29, 0.717) is 22.3 Å². The maximum Gasteiger partial charge on any atom is 0.306 e. The molecule has 0 aliphatic heterocycles. The molecular formula is C32H33NO10S2. The van der Waals surface area contributed by atoms with Crippen molar-refractivity contribution in [2.75, 3.05) is 40.8 Å².